The van der Waals surface area contributed by atoms with Crippen LogP contribution in [0.5, 0.6) is 0 Å². The highest BCUT2D eigenvalue weighted by molar-refractivity contribution is 5.10. The van der Waals surface area contributed by atoms with Gasteiger partial charge in [0.05, 0.1) is 0 Å². The molecule has 0 heterocycles. The summed E-state index contributed by atoms with van der Waals surface area (Å²) < 4.78 is 0. The van der Waals surface area contributed by atoms with Crippen LogP contribution in [0.15, 0.2) is 33.9 Å². The van der Waals surface area contributed by atoms with Gasteiger partial charge in [-0.3, -0.25) is 0 Å². The molecule has 0 rings (SSSR count). The van der Waals surface area contributed by atoms with E-state index in [1.165, 1.54) is 43.3 Å². The molecule has 0 aromatic heterocycles. The van der Waals surface area contributed by atoms with E-state index in [0.29, 0.717) is 5.41 Å². The predicted molar refractivity (Wildman–Crippen MR) is 140 cm³/mol. The van der Waals surface area contributed by atoms with E-state index in [-0.39, 0.29) is 0 Å². The van der Waals surface area contributed by atoms with E-state index >= 15 is 0 Å². The van der Waals surface area contributed by atoms with Crippen LogP contribution in [-0.4, -0.2) is 0 Å². The second kappa shape index (κ2) is 18.0. The van der Waals surface area contributed by atoms with Crippen molar-refractivity contribution in [1.82, 2.24) is 0 Å². The van der Waals surface area contributed by atoms with Gasteiger partial charge in [0.25, 0.3) is 0 Å². The first-order valence-electron chi connectivity index (χ1n) is 12.2. The van der Waals surface area contributed by atoms with Crippen molar-refractivity contribution < 1.29 is 0 Å². The summed E-state index contributed by atoms with van der Waals surface area (Å²) in [6.45, 7) is 33.6. The largest absolute Gasteiger partial charge is 0.0799 e. The van der Waals surface area contributed by atoms with Crippen LogP contribution in [0.4, 0.5) is 0 Å². The average Bonchev–Trinajstić information content (AvgIpc) is 2.65. The molecule has 0 heteroatoms. The molecule has 0 amide bonds. The third kappa shape index (κ3) is 19.0. The molecular formula is C29H58. The van der Waals surface area contributed by atoms with Gasteiger partial charge in [-0.05, 0) is 84.5 Å². The van der Waals surface area contributed by atoms with E-state index < -0.39 is 0 Å². The topological polar surface area (TPSA) is 0 Å². The van der Waals surface area contributed by atoms with Gasteiger partial charge in [0.15, 0.2) is 0 Å². The number of hydrogen-bond donors (Lipinski definition) is 0. The van der Waals surface area contributed by atoms with Crippen molar-refractivity contribution in [2.75, 3.05) is 0 Å². The maximum atomic E-state index is 2.41. The standard InChI is InChI=1S/C11H22.2C9H18/c1-6-8-11(4,5)9-10(3)7-2;2*1-6-8(4)9(5)7(2)3/h9H,6-8H2,1-5H3;8H,6H2,1-5H3;7H,6H2,1-5H3/b10-9+;;9-8+. The Hall–Kier alpha value is -0.780. The molecule has 1 atom stereocenters. The second-order valence-electron chi connectivity index (χ2n) is 10.0. The van der Waals surface area contributed by atoms with Gasteiger partial charge in [-0.1, -0.05) is 103 Å². The van der Waals surface area contributed by atoms with Crippen molar-refractivity contribution in [2.24, 2.45) is 17.3 Å². The molecule has 0 aromatic carbocycles. The van der Waals surface area contributed by atoms with Gasteiger partial charge < -0.3 is 0 Å². The van der Waals surface area contributed by atoms with Crippen LogP contribution >= 0.6 is 0 Å². The Labute approximate surface area is 187 Å². The Balaban J connectivity index is -0.000000352. The Morgan fingerprint density at radius 3 is 1.45 bits per heavy atom. The van der Waals surface area contributed by atoms with Crippen molar-refractivity contribution in [2.45, 2.75) is 136 Å². The Kier molecular flexibility index (Phi) is 20.4. The summed E-state index contributed by atoms with van der Waals surface area (Å²) in [7, 11) is 0. The fourth-order valence-corrected chi connectivity index (χ4v) is 3.06. The first kappa shape index (κ1) is 32.9. The highest BCUT2D eigenvalue weighted by atomic mass is 14.2. The minimum atomic E-state index is 0.412. The molecule has 0 nitrogen and oxygen atoms in total. The third-order valence-electron chi connectivity index (χ3n) is 6.30. The van der Waals surface area contributed by atoms with Crippen LogP contribution in [0.3, 0.4) is 0 Å². The Bertz CT molecular complexity index is 490. The predicted octanol–water partition coefficient (Wildman–Crippen LogP) is 10.9. The highest BCUT2D eigenvalue weighted by Gasteiger charge is 2.12. The maximum absolute atomic E-state index is 2.41. The van der Waals surface area contributed by atoms with Crippen LogP contribution in [0.2, 0.25) is 0 Å². The first-order chi connectivity index (χ1) is 13.2. The molecule has 0 aliphatic carbocycles. The fourth-order valence-electron chi connectivity index (χ4n) is 3.06. The molecule has 0 saturated heterocycles. The van der Waals surface area contributed by atoms with Gasteiger partial charge in [0, 0.05) is 0 Å². The molecular weight excluding hydrogens is 348 g/mol. The molecule has 1 unspecified atom stereocenters. The van der Waals surface area contributed by atoms with E-state index in [1.54, 1.807) is 16.7 Å². The quantitative estimate of drug-likeness (QED) is 0.351. The summed E-state index contributed by atoms with van der Waals surface area (Å²) >= 11 is 0. The molecule has 174 valence electrons. The van der Waals surface area contributed by atoms with E-state index in [1.807, 2.05) is 0 Å². The summed E-state index contributed by atoms with van der Waals surface area (Å²) in [5, 5.41) is 0. The molecule has 29 heavy (non-hydrogen) atoms. The molecule has 0 fully saturated rings. The Morgan fingerprint density at radius 2 is 1.24 bits per heavy atom. The maximum Gasteiger partial charge on any atom is -0.0172 e. The molecule has 0 saturated carbocycles. The molecule has 0 bridgehead atoms. The van der Waals surface area contributed by atoms with Crippen LogP contribution in [0.1, 0.15) is 136 Å². The van der Waals surface area contributed by atoms with E-state index in [4.69, 9.17) is 0 Å². The van der Waals surface area contributed by atoms with Crippen LogP contribution in [-0.2, 0) is 0 Å². The lowest BCUT2D eigenvalue weighted by molar-refractivity contribution is 0.428. The smallest absolute Gasteiger partial charge is 0.0172 e. The summed E-state index contributed by atoms with van der Waals surface area (Å²) in [6.07, 6.45) is 8.63. The minimum absolute atomic E-state index is 0.412. The average molecular weight is 407 g/mol. The lowest BCUT2D eigenvalue weighted by Gasteiger charge is -2.20. The first-order valence-corrected chi connectivity index (χ1v) is 12.2. The zero-order chi connectivity index (χ0) is 23.8. The van der Waals surface area contributed by atoms with Gasteiger partial charge in [-0.2, -0.15) is 0 Å². The minimum Gasteiger partial charge on any atom is -0.0799 e. The van der Waals surface area contributed by atoms with E-state index in [2.05, 4.69) is 110 Å². The normalized spacial score (nSPS) is 13.6. The van der Waals surface area contributed by atoms with Crippen molar-refractivity contribution in [1.29, 1.82) is 0 Å². The highest BCUT2D eigenvalue weighted by Crippen LogP contribution is 2.26. The van der Waals surface area contributed by atoms with E-state index in [9.17, 15) is 0 Å². The zero-order valence-corrected chi connectivity index (χ0v) is 23.3. The van der Waals surface area contributed by atoms with Gasteiger partial charge in [-0.15, -0.1) is 0 Å². The number of allylic oxidation sites excluding steroid dienone is 6. The molecule has 0 aromatic rings. The lowest BCUT2D eigenvalue weighted by Crippen LogP contribution is -2.07. The van der Waals surface area contributed by atoms with Gasteiger partial charge in [0.2, 0.25) is 0 Å². The van der Waals surface area contributed by atoms with Crippen LogP contribution < -0.4 is 0 Å². The van der Waals surface area contributed by atoms with Crippen molar-refractivity contribution in [3.63, 3.8) is 0 Å². The molecule has 0 aliphatic rings. The number of rotatable bonds is 8. The summed E-state index contributed by atoms with van der Waals surface area (Å²) in [4.78, 5) is 0. The number of hydrogen-bond acceptors (Lipinski definition) is 0. The molecule has 0 spiro atoms. The molecule has 0 N–H and O–H groups in total. The van der Waals surface area contributed by atoms with Crippen molar-refractivity contribution in [3.05, 3.63) is 33.9 Å². The zero-order valence-electron chi connectivity index (χ0n) is 23.3. The van der Waals surface area contributed by atoms with E-state index in [0.717, 1.165) is 11.8 Å². The molecule has 0 aliphatic heterocycles. The fraction of sp³-hybridized carbons (Fsp3) is 0.793. The monoisotopic (exact) mass is 406 g/mol. The lowest BCUT2D eigenvalue weighted by atomic mass is 9.86. The summed E-state index contributed by atoms with van der Waals surface area (Å²) in [5.41, 5.74) is 8.06. The summed E-state index contributed by atoms with van der Waals surface area (Å²) in [5.74, 6) is 1.50. The van der Waals surface area contributed by atoms with Crippen LogP contribution in [0.25, 0.3) is 0 Å². The molecule has 0 radical (unpaired) electrons. The van der Waals surface area contributed by atoms with Crippen molar-refractivity contribution >= 4 is 0 Å². The van der Waals surface area contributed by atoms with Gasteiger partial charge in [0.1, 0.15) is 0 Å². The third-order valence-corrected chi connectivity index (χ3v) is 6.30. The SMILES string of the molecule is CC/C(C)=C(\C)C(C)C.CCC(C)C(C)=C(C)C.CCCC(C)(C)/C=C(\C)CC. The van der Waals surface area contributed by atoms with Crippen LogP contribution in [0, 0.1) is 17.3 Å². The van der Waals surface area contributed by atoms with Gasteiger partial charge >= 0.3 is 0 Å². The second-order valence-corrected chi connectivity index (χ2v) is 10.0. The Morgan fingerprint density at radius 1 is 0.759 bits per heavy atom. The van der Waals surface area contributed by atoms with Crippen molar-refractivity contribution in [3.8, 4) is 0 Å². The van der Waals surface area contributed by atoms with Gasteiger partial charge in [-0.25, -0.2) is 0 Å². The summed E-state index contributed by atoms with van der Waals surface area (Å²) in [6, 6.07) is 0.